The lowest BCUT2D eigenvalue weighted by Crippen LogP contribution is -2.28. The lowest BCUT2D eigenvalue weighted by Gasteiger charge is -2.11. The number of benzene rings is 2. The molecule has 136 valence electrons. The third kappa shape index (κ3) is 2.77. The predicted octanol–water partition coefficient (Wildman–Crippen LogP) is 4.43. The highest BCUT2D eigenvalue weighted by atomic mass is 19.1. The first kappa shape index (κ1) is 16.1. The molecule has 1 fully saturated rings. The van der Waals surface area contributed by atoms with Gasteiger partial charge in [0.25, 0.3) is 0 Å². The SMILES string of the molecule is C[C@@H](NC(=O)C1C[C@@H]1c1nc2ccccc2[nH]1)c1cc2c(F)cccc2o1. The van der Waals surface area contributed by atoms with Gasteiger partial charge >= 0.3 is 0 Å². The molecule has 1 unspecified atom stereocenters. The fourth-order valence-corrected chi connectivity index (χ4v) is 3.59. The van der Waals surface area contributed by atoms with E-state index in [1.54, 1.807) is 18.2 Å². The highest BCUT2D eigenvalue weighted by molar-refractivity contribution is 5.84. The van der Waals surface area contributed by atoms with Crippen LogP contribution in [0.2, 0.25) is 0 Å². The molecule has 1 amide bonds. The van der Waals surface area contributed by atoms with Crippen LogP contribution in [0.4, 0.5) is 4.39 Å². The number of halogens is 1. The number of carbonyl (C=O) groups excluding carboxylic acids is 1. The van der Waals surface area contributed by atoms with Crippen LogP contribution >= 0.6 is 0 Å². The van der Waals surface area contributed by atoms with E-state index in [0.29, 0.717) is 16.7 Å². The summed E-state index contributed by atoms with van der Waals surface area (Å²) in [6, 6.07) is 13.9. The van der Waals surface area contributed by atoms with Gasteiger partial charge in [-0.05, 0) is 43.7 Å². The second kappa shape index (κ2) is 5.94. The minimum absolute atomic E-state index is 0.0334. The van der Waals surface area contributed by atoms with E-state index >= 15 is 0 Å². The summed E-state index contributed by atoms with van der Waals surface area (Å²) in [7, 11) is 0. The molecule has 1 aliphatic rings. The van der Waals surface area contributed by atoms with Crippen molar-refractivity contribution in [2.24, 2.45) is 5.92 Å². The molecule has 2 heterocycles. The van der Waals surface area contributed by atoms with Gasteiger partial charge in [0.05, 0.1) is 22.5 Å². The molecule has 3 atom stereocenters. The van der Waals surface area contributed by atoms with Gasteiger partial charge in [0.1, 0.15) is 23.0 Å². The van der Waals surface area contributed by atoms with Crippen LogP contribution in [0.5, 0.6) is 0 Å². The number of furan rings is 1. The summed E-state index contributed by atoms with van der Waals surface area (Å²) in [4.78, 5) is 20.5. The van der Waals surface area contributed by atoms with Crippen molar-refractivity contribution in [3.05, 3.63) is 65.9 Å². The van der Waals surface area contributed by atoms with E-state index in [1.165, 1.54) is 6.07 Å². The van der Waals surface area contributed by atoms with Crippen LogP contribution in [0.1, 0.15) is 36.9 Å². The summed E-state index contributed by atoms with van der Waals surface area (Å²) in [5, 5.41) is 3.41. The zero-order valence-corrected chi connectivity index (χ0v) is 14.7. The first-order chi connectivity index (χ1) is 13.1. The molecule has 1 saturated carbocycles. The average Bonchev–Trinajstić information content (AvgIpc) is 3.14. The molecular formula is C21H18FN3O2. The number of nitrogens with one attached hydrogen (secondary N) is 2. The summed E-state index contributed by atoms with van der Waals surface area (Å²) in [5.41, 5.74) is 2.38. The molecular weight excluding hydrogens is 345 g/mol. The lowest BCUT2D eigenvalue weighted by atomic mass is 10.2. The van der Waals surface area contributed by atoms with Gasteiger partial charge in [-0.2, -0.15) is 0 Å². The van der Waals surface area contributed by atoms with Crippen LogP contribution in [0.3, 0.4) is 0 Å². The molecule has 1 aliphatic carbocycles. The first-order valence-corrected chi connectivity index (χ1v) is 9.03. The van der Waals surface area contributed by atoms with Crippen LogP contribution < -0.4 is 5.32 Å². The second-order valence-electron chi connectivity index (χ2n) is 7.12. The molecule has 4 aromatic rings. The summed E-state index contributed by atoms with van der Waals surface area (Å²) in [6.07, 6.45) is 0.771. The zero-order chi connectivity index (χ0) is 18.5. The first-order valence-electron chi connectivity index (χ1n) is 9.03. The van der Waals surface area contributed by atoms with E-state index in [0.717, 1.165) is 23.3 Å². The van der Waals surface area contributed by atoms with Gasteiger partial charge in [0.2, 0.25) is 5.91 Å². The maximum atomic E-state index is 13.8. The Kier molecular flexibility index (Phi) is 3.53. The Hall–Kier alpha value is -3.15. The predicted molar refractivity (Wildman–Crippen MR) is 99.7 cm³/mol. The molecule has 5 rings (SSSR count). The topological polar surface area (TPSA) is 70.9 Å². The van der Waals surface area contributed by atoms with Crippen LogP contribution in [-0.4, -0.2) is 15.9 Å². The Labute approximate surface area is 154 Å². The molecule has 0 saturated heterocycles. The van der Waals surface area contributed by atoms with E-state index in [4.69, 9.17) is 4.42 Å². The number of fused-ring (bicyclic) bond motifs is 2. The minimum Gasteiger partial charge on any atom is -0.459 e. The van der Waals surface area contributed by atoms with E-state index in [2.05, 4.69) is 15.3 Å². The molecule has 0 spiro atoms. The summed E-state index contributed by atoms with van der Waals surface area (Å²) in [6.45, 7) is 1.84. The quantitative estimate of drug-likeness (QED) is 0.563. The number of para-hydroxylation sites is 2. The van der Waals surface area contributed by atoms with Crippen LogP contribution in [0.25, 0.3) is 22.0 Å². The smallest absolute Gasteiger partial charge is 0.224 e. The molecule has 2 aromatic heterocycles. The number of H-pyrrole nitrogens is 1. The Morgan fingerprint density at radius 2 is 2.15 bits per heavy atom. The lowest BCUT2D eigenvalue weighted by molar-refractivity contribution is -0.123. The van der Waals surface area contributed by atoms with Crippen molar-refractivity contribution in [2.45, 2.75) is 25.3 Å². The number of carbonyl (C=O) groups is 1. The van der Waals surface area contributed by atoms with Crippen LogP contribution in [-0.2, 0) is 4.79 Å². The molecule has 6 heteroatoms. The third-order valence-electron chi connectivity index (χ3n) is 5.20. The number of nitrogens with zero attached hydrogens (tertiary/aromatic N) is 1. The Morgan fingerprint density at radius 1 is 1.30 bits per heavy atom. The molecule has 0 bridgehead atoms. The van der Waals surface area contributed by atoms with Gasteiger partial charge in [-0.25, -0.2) is 9.37 Å². The summed E-state index contributed by atoms with van der Waals surface area (Å²) < 4.78 is 19.5. The second-order valence-corrected chi connectivity index (χ2v) is 7.12. The maximum absolute atomic E-state index is 13.8. The number of rotatable bonds is 4. The standard InChI is InChI=1S/C21H18FN3O2/c1-11(19-10-14-15(22)5-4-8-18(14)27-19)23-21(26)13-9-12(13)20-24-16-6-2-3-7-17(16)25-20/h2-8,10-13H,9H2,1H3,(H,23,26)(H,24,25)/t11-,12+,13?/m1/s1. The van der Waals surface area contributed by atoms with Gasteiger partial charge in [-0.1, -0.05) is 18.2 Å². The van der Waals surface area contributed by atoms with Crippen molar-refractivity contribution in [1.29, 1.82) is 0 Å². The molecule has 0 aliphatic heterocycles. The van der Waals surface area contributed by atoms with Crippen molar-refractivity contribution >= 4 is 27.9 Å². The Balaban J connectivity index is 1.29. The number of hydrogen-bond donors (Lipinski definition) is 2. The van der Waals surface area contributed by atoms with Crippen molar-refractivity contribution in [3.8, 4) is 0 Å². The minimum atomic E-state index is -0.332. The van der Waals surface area contributed by atoms with Crippen molar-refractivity contribution < 1.29 is 13.6 Å². The molecule has 5 nitrogen and oxygen atoms in total. The van der Waals surface area contributed by atoms with Gasteiger partial charge in [-0.3, -0.25) is 4.79 Å². The van der Waals surface area contributed by atoms with Crippen molar-refractivity contribution in [3.63, 3.8) is 0 Å². The third-order valence-corrected chi connectivity index (χ3v) is 5.20. The average molecular weight is 363 g/mol. The molecule has 2 aromatic carbocycles. The number of amides is 1. The number of aromatic amines is 1. The van der Waals surface area contributed by atoms with Crippen molar-refractivity contribution in [2.75, 3.05) is 0 Å². The zero-order valence-electron chi connectivity index (χ0n) is 14.7. The molecule has 0 radical (unpaired) electrons. The molecule has 27 heavy (non-hydrogen) atoms. The van der Waals surface area contributed by atoms with E-state index < -0.39 is 0 Å². The Morgan fingerprint density at radius 3 is 2.96 bits per heavy atom. The number of imidazole rings is 1. The van der Waals surface area contributed by atoms with Gasteiger partial charge in [0, 0.05) is 11.8 Å². The monoisotopic (exact) mass is 363 g/mol. The van der Waals surface area contributed by atoms with Gasteiger partial charge in [-0.15, -0.1) is 0 Å². The van der Waals surface area contributed by atoms with E-state index in [9.17, 15) is 9.18 Å². The van der Waals surface area contributed by atoms with E-state index in [1.807, 2.05) is 31.2 Å². The normalized spacial score (nSPS) is 20.1. The largest absolute Gasteiger partial charge is 0.459 e. The highest BCUT2D eigenvalue weighted by Crippen LogP contribution is 2.47. The van der Waals surface area contributed by atoms with Gasteiger partial charge < -0.3 is 14.7 Å². The maximum Gasteiger partial charge on any atom is 0.224 e. The highest BCUT2D eigenvalue weighted by Gasteiger charge is 2.46. The summed E-state index contributed by atoms with van der Waals surface area (Å²) >= 11 is 0. The van der Waals surface area contributed by atoms with E-state index in [-0.39, 0.29) is 29.6 Å². The van der Waals surface area contributed by atoms with Crippen molar-refractivity contribution in [1.82, 2.24) is 15.3 Å². The summed E-state index contributed by atoms with van der Waals surface area (Å²) in [5.74, 6) is 1.05. The van der Waals surface area contributed by atoms with Crippen LogP contribution in [0, 0.1) is 11.7 Å². The number of hydrogen-bond acceptors (Lipinski definition) is 3. The fraction of sp³-hybridized carbons (Fsp3) is 0.238. The van der Waals surface area contributed by atoms with Crippen LogP contribution in [0.15, 0.2) is 52.9 Å². The Bertz CT molecular complexity index is 1130. The number of aromatic nitrogens is 2. The fourth-order valence-electron chi connectivity index (χ4n) is 3.59. The molecule has 2 N–H and O–H groups in total. The van der Waals surface area contributed by atoms with Gasteiger partial charge in [0.15, 0.2) is 0 Å².